The Balaban J connectivity index is 2.93. The van der Waals surface area contributed by atoms with Gasteiger partial charge in [0.2, 0.25) is 0 Å². The molecule has 0 aromatic carbocycles. The van der Waals surface area contributed by atoms with Crippen LogP contribution < -0.4 is 5.73 Å². The van der Waals surface area contributed by atoms with E-state index in [9.17, 15) is 4.79 Å². The summed E-state index contributed by atoms with van der Waals surface area (Å²) in [5.74, 6) is -0.291. The van der Waals surface area contributed by atoms with Gasteiger partial charge in [-0.25, -0.2) is 0 Å². The van der Waals surface area contributed by atoms with Crippen molar-refractivity contribution in [2.45, 2.75) is 26.8 Å². The van der Waals surface area contributed by atoms with Crippen LogP contribution in [0.4, 0.5) is 5.69 Å². The third kappa shape index (κ3) is 3.04. The minimum atomic E-state index is -0.182. The van der Waals surface area contributed by atoms with Crippen LogP contribution in [0.3, 0.4) is 0 Å². The number of hydrogen-bond acceptors (Lipinski definition) is 3. The molecule has 0 fully saturated rings. The summed E-state index contributed by atoms with van der Waals surface area (Å²) in [4.78, 5) is 13.8. The number of amides is 1. The number of nitrogens with two attached hydrogens (primary N) is 1. The highest BCUT2D eigenvalue weighted by Gasteiger charge is 2.19. The first-order valence-corrected chi connectivity index (χ1v) is 5.99. The van der Waals surface area contributed by atoms with Gasteiger partial charge in [0, 0.05) is 25.8 Å². The zero-order valence-electron chi connectivity index (χ0n) is 11.3. The summed E-state index contributed by atoms with van der Waals surface area (Å²) in [5, 5.41) is 8.77. The van der Waals surface area contributed by atoms with Crippen molar-refractivity contribution in [3.05, 3.63) is 18.0 Å². The summed E-state index contributed by atoms with van der Waals surface area (Å²) in [6, 6.07) is 3.97. The summed E-state index contributed by atoms with van der Waals surface area (Å²) < 4.78 is 1.85. The van der Waals surface area contributed by atoms with Crippen molar-refractivity contribution in [3.63, 3.8) is 0 Å². The smallest absolute Gasteiger partial charge is 0.270 e. The zero-order valence-corrected chi connectivity index (χ0v) is 11.3. The number of carbonyl (C=O) groups is 1. The maximum Gasteiger partial charge on any atom is 0.270 e. The van der Waals surface area contributed by atoms with E-state index in [0.717, 1.165) is 0 Å². The summed E-state index contributed by atoms with van der Waals surface area (Å²) in [5.41, 5.74) is 6.88. The van der Waals surface area contributed by atoms with Gasteiger partial charge in [0.05, 0.1) is 17.7 Å². The summed E-state index contributed by atoms with van der Waals surface area (Å²) in [6.45, 7) is 6.19. The van der Waals surface area contributed by atoms with E-state index < -0.39 is 0 Å². The molecular weight excluding hydrogens is 228 g/mol. The minimum absolute atomic E-state index is 0.109. The lowest BCUT2D eigenvalue weighted by Gasteiger charge is -2.20. The van der Waals surface area contributed by atoms with Crippen LogP contribution in [0, 0.1) is 17.2 Å². The van der Waals surface area contributed by atoms with Gasteiger partial charge < -0.3 is 15.2 Å². The van der Waals surface area contributed by atoms with E-state index in [0.29, 0.717) is 17.9 Å². The summed E-state index contributed by atoms with van der Waals surface area (Å²) >= 11 is 0. The molecule has 0 saturated heterocycles. The largest absolute Gasteiger partial charge is 0.397 e. The monoisotopic (exact) mass is 248 g/mol. The molecule has 0 spiro atoms. The summed E-state index contributed by atoms with van der Waals surface area (Å²) in [7, 11) is 1.70. The van der Waals surface area contributed by atoms with Crippen molar-refractivity contribution in [2.75, 3.05) is 19.3 Å². The Morgan fingerprint density at radius 1 is 1.56 bits per heavy atom. The maximum atomic E-state index is 12.3. The number of carbonyl (C=O) groups excluding carboxylic acids is 1. The second-order valence-electron chi connectivity index (χ2n) is 4.88. The van der Waals surface area contributed by atoms with Crippen LogP contribution in [-0.2, 0) is 0 Å². The van der Waals surface area contributed by atoms with Crippen molar-refractivity contribution in [3.8, 4) is 6.07 Å². The molecule has 5 nitrogen and oxygen atoms in total. The molecule has 1 heterocycles. The highest BCUT2D eigenvalue weighted by Crippen LogP contribution is 2.18. The van der Waals surface area contributed by atoms with Gasteiger partial charge in [-0.1, -0.05) is 0 Å². The Kier molecular flexibility index (Phi) is 4.38. The molecule has 0 aliphatic rings. The van der Waals surface area contributed by atoms with E-state index in [2.05, 4.69) is 6.07 Å². The number of aromatic nitrogens is 1. The topological polar surface area (TPSA) is 75.1 Å². The molecule has 1 unspecified atom stereocenters. The number of rotatable bonds is 4. The van der Waals surface area contributed by atoms with Crippen molar-refractivity contribution in [2.24, 2.45) is 5.92 Å². The normalized spacial score (nSPS) is 12.2. The Labute approximate surface area is 108 Å². The third-order valence-corrected chi connectivity index (χ3v) is 2.76. The predicted octanol–water partition coefficient (Wildman–Crippen LogP) is 1.88. The molecule has 0 aliphatic heterocycles. The molecule has 0 saturated carbocycles. The second-order valence-corrected chi connectivity index (χ2v) is 4.88. The quantitative estimate of drug-likeness (QED) is 0.884. The fraction of sp³-hybridized carbons (Fsp3) is 0.538. The highest BCUT2D eigenvalue weighted by molar-refractivity contribution is 5.93. The van der Waals surface area contributed by atoms with Gasteiger partial charge in [-0.15, -0.1) is 0 Å². The molecule has 1 aromatic rings. The molecule has 1 rings (SSSR count). The molecule has 1 atom stereocenters. The van der Waals surface area contributed by atoms with Crippen LogP contribution >= 0.6 is 0 Å². The van der Waals surface area contributed by atoms with Crippen LogP contribution in [0.1, 0.15) is 37.3 Å². The third-order valence-electron chi connectivity index (χ3n) is 2.76. The zero-order chi connectivity index (χ0) is 13.9. The molecule has 0 aliphatic carbocycles. The van der Waals surface area contributed by atoms with E-state index in [-0.39, 0.29) is 17.9 Å². The van der Waals surface area contributed by atoms with Gasteiger partial charge in [-0.3, -0.25) is 4.79 Å². The van der Waals surface area contributed by atoms with Gasteiger partial charge in [0.1, 0.15) is 5.69 Å². The molecule has 18 heavy (non-hydrogen) atoms. The average Bonchev–Trinajstić information content (AvgIpc) is 2.70. The van der Waals surface area contributed by atoms with E-state index in [1.54, 1.807) is 31.1 Å². The second kappa shape index (κ2) is 5.58. The average molecular weight is 248 g/mol. The first-order chi connectivity index (χ1) is 8.36. The van der Waals surface area contributed by atoms with Crippen molar-refractivity contribution < 1.29 is 4.79 Å². The van der Waals surface area contributed by atoms with E-state index in [1.165, 1.54) is 0 Å². The lowest BCUT2D eigenvalue weighted by molar-refractivity contribution is 0.0773. The number of nitriles is 1. The number of nitrogens with zero attached hydrogens (tertiary/aromatic N) is 3. The fourth-order valence-electron chi connectivity index (χ4n) is 1.83. The predicted molar refractivity (Wildman–Crippen MR) is 71.0 cm³/mol. The lowest BCUT2D eigenvalue weighted by atomic mass is 10.2. The van der Waals surface area contributed by atoms with Gasteiger partial charge >= 0.3 is 0 Å². The van der Waals surface area contributed by atoms with Crippen LogP contribution in [0.5, 0.6) is 0 Å². The SMILES string of the molecule is CC(C#N)CN(C)C(=O)c1cc(N)cn1C(C)C. The Morgan fingerprint density at radius 3 is 2.67 bits per heavy atom. The van der Waals surface area contributed by atoms with Gasteiger partial charge in [-0.05, 0) is 26.8 Å². The van der Waals surface area contributed by atoms with Crippen LogP contribution in [0.15, 0.2) is 12.3 Å². The first kappa shape index (κ1) is 14.1. The molecule has 0 radical (unpaired) electrons. The van der Waals surface area contributed by atoms with Crippen molar-refractivity contribution >= 4 is 11.6 Å². The van der Waals surface area contributed by atoms with E-state index in [4.69, 9.17) is 11.0 Å². The minimum Gasteiger partial charge on any atom is -0.397 e. The lowest BCUT2D eigenvalue weighted by Crippen LogP contribution is -2.32. The van der Waals surface area contributed by atoms with E-state index in [1.807, 2.05) is 18.4 Å². The number of anilines is 1. The van der Waals surface area contributed by atoms with Gasteiger partial charge in [0.15, 0.2) is 0 Å². The standard InChI is InChI=1S/C13H20N4O/c1-9(2)17-8-11(15)5-12(17)13(18)16(4)7-10(3)6-14/h5,8-10H,7,15H2,1-4H3. The maximum absolute atomic E-state index is 12.3. The fourth-order valence-corrected chi connectivity index (χ4v) is 1.83. The molecule has 98 valence electrons. The molecular formula is C13H20N4O. The number of nitrogen functional groups attached to an aromatic ring is 1. The Bertz CT molecular complexity index is 470. The van der Waals surface area contributed by atoms with Gasteiger partial charge in [0.25, 0.3) is 5.91 Å². The first-order valence-electron chi connectivity index (χ1n) is 5.99. The van der Waals surface area contributed by atoms with Crippen LogP contribution in [0.2, 0.25) is 0 Å². The highest BCUT2D eigenvalue weighted by atomic mass is 16.2. The Hall–Kier alpha value is -1.96. The van der Waals surface area contributed by atoms with Crippen molar-refractivity contribution in [1.82, 2.24) is 9.47 Å². The van der Waals surface area contributed by atoms with Crippen LogP contribution in [0.25, 0.3) is 0 Å². The number of hydrogen-bond donors (Lipinski definition) is 1. The molecule has 5 heteroatoms. The molecule has 1 aromatic heterocycles. The van der Waals surface area contributed by atoms with E-state index >= 15 is 0 Å². The molecule has 2 N–H and O–H groups in total. The molecule has 1 amide bonds. The van der Waals surface area contributed by atoms with Crippen LogP contribution in [-0.4, -0.2) is 29.0 Å². The summed E-state index contributed by atoms with van der Waals surface area (Å²) in [6.07, 6.45) is 1.76. The molecule has 0 bridgehead atoms. The Morgan fingerprint density at radius 2 is 2.17 bits per heavy atom. The van der Waals surface area contributed by atoms with Crippen molar-refractivity contribution in [1.29, 1.82) is 5.26 Å². The van der Waals surface area contributed by atoms with Gasteiger partial charge in [-0.2, -0.15) is 5.26 Å².